The summed E-state index contributed by atoms with van der Waals surface area (Å²) in [5, 5.41) is 5.77. The zero-order valence-electron chi connectivity index (χ0n) is 21.8. The number of hydrogen-bond acceptors (Lipinski definition) is 6. The van der Waals surface area contributed by atoms with Crippen molar-refractivity contribution in [2.24, 2.45) is 11.0 Å². The third-order valence-electron chi connectivity index (χ3n) is 6.92. The Bertz CT molecular complexity index is 1540. The summed E-state index contributed by atoms with van der Waals surface area (Å²) < 4.78 is 32.9. The average molecular weight is 544 g/mol. The van der Waals surface area contributed by atoms with Crippen LogP contribution in [0.2, 0.25) is 0 Å². The molecular weight excluding hydrogens is 514 g/mol. The van der Waals surface area contributed by atoms with Crippen molar-refractivity contribution in [3.8, 4) is 5.75 Å². The molecule has 8 nitrogen and oxygen atoms in total. The number of amides is 1. The summed E-state index contributed by atoms with van der Waals surface area (Å²) in [6.45, 7) is 4.22. The largest absolute Gasteiger partial charge is 0.426 e. The van der Waals surface area contributed by atoms with Gasteiger partial charge >= 0.3 is 5.97 Å². The number of ether oxygens (including phenoxy) is 1. The van der Waals surface area contributed by atoms with E-state index in [9.17, 15) is 18.0 Å². The molecule has 3 aromatic carbocycles. The highest BCUT2D eigenvalue weighted by Gasteiger charge is 2.33. The predicted octanol–water partition coefficient (Wildman–Crippen LogP) is 4.81. The first kappa shape index (κ1) is 26.5. The average Bonchev–Trinajstić information content (AvgIpc) is 3.23. The summed E-state index contributed by atoms with van der Waals surface area (Å²) >= 11 is 0. The number of benzene rings is 3. The standard InChI is InChI=1S/C30H29N3O5S/c1-21-8-14-27(15-9-21)39(36,37)32-18-16-24(17-19-32)30(35)38-26-12-10-23(11-13-26)20-28-22(2)31-33(29(28)34)25-6-4-3-5-7-25/h3-15,20,24H,16-19H2,1-2H3/b28-20-. The zero-order chi connectivity index (χ0) is 27.6. The number of aryl methyl sites for hydroxylation is 1. The maximum atomic E-state index is 12.9. The molecule has 9 heteroatoms. The third kappa shape index (κ3) is 5.69. The lowest BCUT2D eigenvalue weighted by Gasteiger charge is -2.30. The highest BCUT2D eigenvalue weighted by Crippen LogP contribution is 2.27. The number of nitrogens with zero attached hydrogens (tertiary/aromatic N) is 3. The molecule has 2 heterocycles. The van der Waals surface area contributed by atoms with Gasteiger partial charge < -0.3 is 4.74 Å². The van der Waals surface area contributed by atoms with Crippen LogP contribution in [-0.2, 0) is 19.6 Å². The molecule has 0 radical (unpaired) electrons. The first-order valence-corrected chi connectivity index (χ1v) is 14.2. The van der Waals surface area contributed by atoms with Crippen LogP contribution in [0.5, 0.6) is 5.75 Å². The topological polar surface area (TPSA) is 96.3 Å². The maximum absolute atomic E-state index is 12.9. The lowest BCUT2D eigenvalue weighted by molar-refractivity contribution is -0.140. The van der Waals surface area contributed by atoms with E-state index < -0.39 is 10.0 Å². The first-order chi connectivity index (χ1) is 18.7. The summed E-state index contributed by atoms with van der Waals surface area (Å²) in [6.07, 6.45) is 2.55. The molecule has 0 bridgehead atoms. The predicted molar refractivity (Wildman–Crippen MR) is 150 cm³/mol. The fourth-order valence-corrected chi connectivity index (χ4v) is 6.09. The Labute approximate surface area is 228 Å². The van der Waals surface area contributed by atoms with E-state index in [-0.39, 0.29) is 35.8 Å². The van der Waals surface area contributed by atoms with Gasteiger partial charge in [-0.15, -0.1) is 0 Å². The molecule has 1 fully saturated rings. The lowest BCUT2D eigenvalue weighted by Crippen LogP contribution is -2.41. The van der Waals surface area contributed by atoms with Crippen molar-refractivity contribution in [3.05, 3.63) is 95.6 Å². The monoisotopic (exact) mass is 543 g/mol. The molecule has 200 valence electrons. The third-order valence-corrected chi connectivity index (χ3v) is 8.83. The number of hydrogen-bond donors (Lipinski definition) is 0. The number of carbonyl (C=O) groups is 2. The highest BCUT2D eigenvalue weighted by atomic mass is 32.2. The van der Waals surface area contributed by atoms with Crippen molar-refractivity contribution in [1.82, 2.24) is 4.31 Å². The second-order valence-corrected chi connectivity index (χ2v) is 11.6. The molecule has 39 heavy (non-hydrogen) atoms. The Morgan fingerprint density at radius 3 is 2.21 bits per heavy atom. The normalized spacial score (nSPS) is 17.9. The number of rotatable bonds is 6. The van der Waals surface area contributed by atoms with Crippen LogP contribution in [0.3, 0.4) is 0 Å². The van der Waals surface area contributed by atoms with E-state index >= 15 is 0 Å². The first-order valence-electron chi connectivity index (χ1n) is 12.8. The Morgan fingerprint density at radius 1 is 0.923 bits per heavy atom. The molecule has 0 saturated carbocycles. The Morgan fingerprint density at radius 2 is 1.56 bits per heavy atom. The number of piperidine rings is 1. The van der Waals surface area contributed by atoms with Gasteiger partial charge in [-0.05, 0) is 74.7 Å². The Balaban J connectivity index is 1.18. The van der Waals surface area contributed by atoms with Gasteiger partial charge in [0.05, 0.1) is 27.8 Å². The van der Waals surface area contributed by atoms with E-state index in [0.29, 0.717) is 35.6 Å². The van der Waals surface area contributed by atoms with E-state index in [2.05, 4.69) is 5.10 Å². The van der Waals surface area contributed by atoms with Gasteiger partial charge in [0.1, 0.15) is 5.75 Å². The Kier molecular flexibility index (Phi) is 7.45. The quantitative estimate of drug-likeness (QED) is 0.253. The second-order valence-electron chi connectivity index (χ2n) is 9.68. The van der Waals surface area contributed by atoms with Crippen LogP contribution in [0.15, 0.2) is 94.4 Å². The minimum absolute atomic E-state index is 0.204. The number of carbonyl (C=O) groups excluding carboxylic acids is 2. The summed E-state index contributed by atoms with van der Waals surface area (Å²) in [4.78, 5) is 26.0. The lowest BCUT2D eigenvalue weighted by atomic mass is 9.98. The van der Waals surface area contributed by atoms with Gasteiger partial charge in [0, 0.05) is 13.1 Å². The molecule has 1 amide bonds. The van der Waals surface area contributed by atoms with Crippen molar-refractivity contribution in [2.45, 2.75) is 31.6 Å². The minimum Gasteiger partial charge on any atom is -0.426 e. The van der Waals surface area contributed by atoms with E-state index in [1.807, 2.05) is 37.3 Å². The van der Waals surface area contributed by atoms with Gasteiger partial charge in [-0.25, -0.2) is 8.42 Å². The van der Waals surface area contributed by atoms with Crippen LogP contribution in [-0.4, -0.2) is 43.4 Å². The van der Waals surface area contributed by atoms with Gasteiger partial charge in [-0.2, -0.15) is 14.4 Å². The van der Waals surface area contributed by atoms with Gasteiger partial charge in [-0.3, -0.25) is 9.59 Å². The van der Waals surface area contributed by atoms with Crippen LogP contribution in [0.25, 0.3) is 6.08 Å². The van der Waals surface area contributed by atoms with E-state index in [1.165, 1.54) is 9.31 Å². The minimum atomic E-state index is -3.59. The summed E-state index contributed by atoms with van der Waals surface area (Å²) in [5.41, 5.74) is 3.58. The summed E-state index contributed by atoms with van der Waals surface area (Å²) in [7, 11) is -3.59. The molecular formula is C30H29N3O5S. The van der Waals surface area contributed by atoms with Crippen molar-refractivity contribution in [3.63, 3.8) is 0 Å². The number of anilines is 1. The molecule has 0 N–H and O–H groups in total. The van der Waals surface area contributed by atoms with Gasteiger partial charge in [-0.1, -0.05) is 48.0 Å². The molecule has 0 aromatic heterocycles. The van der Waals surface area contributed by atoms with Crippen LogP contribution < -0.4 is 9.75 Å². The summed E-state index contributed by atoms with van der Waals surface area (Å²) in [6, 6.07) is 22.9. The van der Waals surface area contributed by atoms with Gasteiger partial charge in [0.25, 0.3) is 5.91 Å². The van der Waals surface area contributed by atoms with Crippen molar-refractivity contribution in [1.29, 1.82) is 0 Å². The molecule has 3 aromatic rings. The molecule has 0 atom stereocenters. The smallest absolute Gasteiger partial charge is 0.314 e. The zero-order valence-corrected chi connectivity index (χ0v) is 22.6. The number of esters is 1. The number of hydrazone groups is 1. The van der Waals surface area contributed by atoms with Crippen molar-refractivity contribution >= 4 is 39.4 Å². The van der Waals surface area contributed by atoms with Crippen LogP contribution in [0, 0.1) is 12.8 Å². The van der Waals surface area contributed by atoms with Gasteiger partial charge in [0.15, 0.2) is 0 Å². The number of sulfonamides is 1. The fraction of sp³-hybridized carbons (Fsp3) is 0.233. The maximum Gasteiger partial charge on any atom is 0.314 e. The summed E-state index contributed by atoms with van der Waals surface area (Å²) in [5.74, 6) is -0.563. The van der Waals surface area contributed by atoms with E-state index in [0.717, 1.165) is 11.1 Å². The van der Waals surface area contributed by atoms with Crippen molar-refractivity contribution < 1.29 is 22.7 Å². The number of para-hydroxylation sites is 1. The van der Waals surface area contributed by atoms with Crippen LogP contribution in [0.1, 0.15) is 30.9 Å². The molecule has 2 aliphatic rings. The van der Waals surface area contributed by atoms with Crippen LogP contribution in [0.4, 0.5) is 5.69 Å². The molecule has 2 aliphatic heterocycles. The molecule has 5 rings (SSSR count). The van der Waals surface area contributed by atoms with E-state index in [1.54, 1.807) is 61.5 Å². The molecule has 0 unspecified atom stereocenters. The van der Waals surface area contributed by atoms with Crippen molar-refractivity contribution in [2.75, 3.05) is 18.1 Å². The second kappa shape index (κ2) is 11.0. The molecule has 1 saturated heterocycles. The SMILES string of the molecule is CC1=NN(c2ccccc2)C(=O)/C1=C\c1ccc(OC(=O)C2CCN(S(=O)(=O)c3ccc(C)cc3)CC2)cc1. The van der Waals surface area contributed by atoms with Gasteiger partial charge in [0.2, 0.25) is 10.0 Å². The van der Waals surface area contributed by atoms with E-state index in [4.69, 9.17) is 4.74 Å². The Hall–Kier alpha value is -4.08. The fourth-order valence-electron chi connectivity index (χ4n) is 4.62. The molecule has 0 spiro atoms. The molecule has 0 aliphatic carbocycles. The van der Waals surface area contributed by atoms with Crippen LogP contribution >= 0.6 is 0 Å². The highest BCUT2D eigenvalue weighted by molar-refractivity contribution is 7.89.